The van der Waals surface area contributed by atoms with Crippen molar-refractivity contribution in [3.63, 3.8) is 0 Å². The van der Waals surface area contributed by atoms with Crippen LogP contribution < -0.4 is 9.44 Å². The number of hydrogen-bond donors (Lipinski definition) is 3. The largest absolute Gasteiger partial charge is 0.478 e. The number of nitrogens with one attached hydrogen (secondary N) is 2. The Morgan fingerprint density at radius 2 is 2.05 bits per heavy atom. The summed E-state index contributed by atoms with van der Waals surface area (Å²) in [6.07, 6.45) is 0. The number of aromatic carboxylic acids is 1. The quantitative estimate of drug-likeness (QED) is 0.748. The molecule has 1 rings (SSSR count). The van der Waals surface area contributed by atoms with Crippen LogP contribution in [-0.2, 0) is 10.2 Å². The van der Waals surface area contributed by atoms with E-state index < -0.39 is 16.2 Å². The lowest BCUT2D eigenvalue weighted by Crippen LogP contribution is -2.33. The van der Waals surface area contributed by atoms with Gasteiger partial charge in [-0.05, 0) is 18.1 Å². The molecule has 0 radical (unpaired) electrons. The third-order valence-corrected chi connectivity index (χ3v) is 3.50. The standard InChI is InChI=1S/C11H15ClN2O4S/c1-7(2)6-13-19(17,18)14-10-8(11(15)16)4-3-5-9(10)12/h3-5,7,13-14H,6H2,1-2H3,(H,15,16). The van der Waals surface area contributed by atoms with Crippen LogP contribution in [0.3, 0.4) is 0 Å². The Kier molecular flexibility index (Phi) is 5.16. The zero-order chi connectivity index (χ0) is 14.6. The van der Waals surface area contributed by atoms with Crippen LogP contribution in [0, 0.1) is 5.92 Å². The second-order valence-corrected chi connectivity index (χ2v) is 6.22. The van der Waals surface area contributed by atoms with E-state index in [4.69, 9.17) is 16.7 Å². The van der Waals surface area contributed by atoms with E-state index in [-0.39, 0.29) is 28.7 Å². The second-order valence-electron chi connectivity index (χ2n) is 4.32. The predicted molar refractivity (Wildman–Crippen MR) is 73.8 cm³/mol. The monoisotopic (exact) mass is 306 g/mol. The molecule has 19 heavy (non-hydrogen) atoms. The van der Waals surface area contributed by atoms with E-state index >= 15 is 0 Å². The van der Waals surface area contributed by atoms with Gasteiger partial charge in [-0.2, -0.15) is 13.1 Å². The first-order valence-corrected chi connectivity index (χ1v) is 7.38. The van der Waals surface area contributed by atoms with Gasteiger partial charge in [0.25, 0.3) is 10.2 Å². The minimum Gasteiger partial charge on any atom is -0.478 e. The van der Waals surface area contributed by atoms with Gasteiger partial charge < -0.3 is 5.11 Å². The summed E-state index contributed by atoms with van der Waals surface area (Å²) in [6.45, 7) is 3.93. The smallest absolute Gasteiger partial charge is 0.337 e. The molecule has 0 aromatic heterocycles. The van der Waals surface area contributed by atoms with E-state index in [1.165, 1.54) is 18.2 Å². The Morgan fingerprint density at radius 3 is 2.58 bits per heavy atom. The van der Waals surface area contributed by atoms with Gasteiger partial charge in [-0.3, -0.25) is 4.72 Å². The van der Waals surface area contributed by atoms with Crippen molar-refractivity contribution >= 4 is 33.5 Å². The van der Waals surface area contributed by atoms with Crippen molar-refractivity contribution < 1.29 is 18.3 Å². The molecule has 0 saturated heterocycles. The van der Waals surface area contributed by atoms with Crippen molar-refractivity contribution in [2.45, 2.75) is 13.8 Å². The lowest BCUT2D eigenvalue weighted by Gasteiger charge is -2.13. The Morgan fingerprint density at radius 1 is 1.42 bits per heavy atom. The van der Waals surface area contributed by atoms with E-state index in [0.717, 1.165) is 0 Å². The van der Waals surface area contributed by atoms with Gasteiger partial charge in [0.2, 0.25) is 0 Å². The highest BCUT2D eigenvalue weighted by Crippen LogP contribution is 2.26. The predicted octanol–water partition coefficient (Wildman–Crippen LogP) is 1.94. The minimum atomic E-state index is -3.86. The normalized spacial score (nSPS) is 11.6. The van der Waals surface area contributed by atoms with E-state index in [2.05, 4.69) is 9.44 Å². The van der Waals surface area contributed by atoms with Crippen molar-refractivity contribution in [3.05, 3.63) is 28.8 Å². The number of halogens is 1. The Bertz CT molecular complexity index is 572. The van der Waals surface area contributed by atoms with Crippen LogP contribution in [-0.4, -0.2) is 26.0 Å². The van der Waals surface area contributed by atoms with Gasteiger partial charge in [0.1, 0.15) is 0 Å². The Hall–Kier alpha value is -1.31. The highest BCUT2D eigenvalue weighted by molar-refractivity contribution is 7.90. The van der Waals surface area contributed by atoms with Crippen LogP contribution in [0.1, 0.15) is 24.2 Å². The summed E-state index contributed by atoms with van der Waals surface area (Å²) in [7, 11) is -3.86. The maximum atomic E-state index is 11.8. The molecule has 0 saturated carbocycles. The van der Waals surface area contributed by atoms with Crippen LogP contribution in [0.15, 0.2) is 18.2 Å². The number of para-hydroxylation sites is 1. The van der Waals surface area contributed by atoms with Crippen LogP contribution in [0.4, 0.5) is 5.69 Å². The third-order valence-electron chi connectivity index (χ3n) is 2.16. The molecule has 0 aliphatic rings. The molecule has 3 N–H and O–H groups in total. The third kappa shape index (κ3) is 4.70. The average Bonchev–Trinajstić information content (AvgIpc) is 2.29. The van der Waals surface area contributed by atoms with Crippen molar-refractivity contribution in [1.29, 1.82) is 0 Å². The van der Waals surface area contributed by atoms with Crippen LogP contribution >= 0.6 is 11.6 Å². The number of hydrogen-bond acceptors (Lipinski definition) is 3. The molecular weight excluding hydrogens is 292 g/mol. The molecule has 6 nitrogen and oxygen atoms in total. The van der Waals surface area contributed by atoms with Crippen molar-refractivity contribution in [1.82, 2.24) is 4.72 Å². The lowest BCUT2D eigenvalue weighted by atomic mass is 10.2. The Balaban J connectivity index is 3.02. The lowest BCUT2D eigenvalue weighted by molar-refractivity contribution is 0.0698. The zero-order valence-electron chi connectivity index (χ0n) is 10.5. The molecule has 0 fully saturated rings. The second kappa shape index (κ2) is 6.23. The number of carboxylic acids is 1. The fraction of sp³-hybridized carbons (Fsp3) is 0.364. The van der Waals surface area contributed by atoms with E-state index in [0.29, 0.717) is 0 Å². The van der Waals surface area contributed by atoms with Gasteiger partial charge in [0.15, 0.2) is 0 Å². The molecule has 106 valence electrons. The summed E-state index contributed by atoms with van der Waals surface area (Å²) in [5, 5.41) is 9.01. The summed E-state index contributed by atoms with van der Waals surface area (Å²) >= 11 is 5.82. The summed E-state index contributed by atoms with van der Waals surface area (Å²) in [6, 6.07) is 4.12. The number of benzene rings is 1. The molecular formula is C11H15ClN2O4S. The van der Waals surface area contributed by atoms with Gasteiger partial charge >= 0.3 is 5.97 Å². The fourth-order valence-electron chi connectivity index (χ4n) is 1.25. The van der Waals surface area contributed by atoms with Gasteiger partial charge in [0, 0.05) is 6.54 Å². The topological polar surface area (TPSA) is 95.5 Å². The van der Waals surface area contributed by atoms with Crippen molar-refractivity contribution in [3.8, 4) is 0 Å². The fourth-order valence-corrected chi connectivity index (χ4v) is 2.64. The van der Waals surface area contributed by atoms with Crippen LogP contribution in [0.2, 0.25) is 5.02 Å². The molecule has 1 aromatic rings. The summed E-state index contributed by atoms with van der Waals surface area (Å²) in [5.41, 5.74) is -0.352. The van der Waals surface area contributed by atoms with Crippen LogP contribution in [0.5, 0.6) is 0 Å². The number of carbonyl (C=O) groups is 1. The zero-order valence-corrected chi connectivity index (χ0v) is 12.0. The van der Waals surface area contributed by atoms with Crippen molar-refractivity contribution in [2.24, 2.45) is 5.92 Å². The van der Waals surface area contributed by atoms with Gasteiger partial charge in [-0.25, -0.2) is 4.79 Å². The molecule has 8 heteroatoms. The maximum Gasteiger partial charge on any atom is 0.337 e. The molecule has 1 aromatic carbocycles. The molecule has 0 aliphatic heterocycles. The first-order valence-electron chi connectivity index (χ1n) is 5.52. The SMILES string of the molecule is CC(C)CNS(=O)(=O)Nc1c(Cl)cccc1C(=O)O. The molecule has 0 amide bonds. The molecule has 0 unspecified atom stereocenters. The number of carboxylic acid groups (broad SMARTS) is 1. The first-order chi connectivity index (χ1) is 8.73. The van der Waals surface area contributed by atoms with Gasteiger partial charge in [-0.15, -0.1) is 0 Å². The summed E-state index contributed by atoms with van der Waals surface area (Å²) in [4.78, 5) is 11.0. The highest BCUT2D eigenvalue weighted by atomic mass is 35.5. The number of rotatable bonds is 6. The average molecular weight is 307 g/mol. The summed E-state index contributed by atoms with van der Waals surface area (Å²) < 4.78 is 28.0. The van der Waals surface area contributed by atoms with E-state index in [9.17, 15) is 13.2 Å². The maximum absolute atomic E-state index is 11.8. The van der Waals surface area contributed by atoms with Gasteiger partial charge in [0.05, 0.1) is 16.3 Å². The molecule has 0 bridgehead atoms. The number of anilines is 1. The minimum absolute atomic E-state index is 0.0230. The Labute approximate surface area is 117 Å². The molecule has 0 aliphatic carbocycles. The first kappa shape index (κ1) is 15.7. The molecule has 0 spiro atoms. The summed E-state index contributed by atoms with van der Waals surface area (Å²) in [5.74, 6) is -1.13. The van der Waals surface area contributed by atoms with Gasteiger partial charge in [-0.1, -0.05) is 31.5 Å². The highest BCUT2D eigenvalue weighted by Gasteiger charge is 2.18. The van der Waals surface area contributed by atoms with E-state index in [1.807, 2.05) is 13.8 Å². The molecule has 0 heterocycles. The molecule has 0 atom stereocenters. The van der Waals surface area contributed by atoms with Crippen molar-refractivity contribution in [2.75, 3.05) is 11.3 Å². The van der Waals surface area contributed by atoms with E-state index in [1.54, 1.807) is 0 Å². The van der Waals surface area contributed by atoms with Crippen LogP contribution in [0.25, 0.3) is 0 Å².